The molecular formula is C15H23FN2O4S. The van der Waals surface area contributed by atoms with Crippen molar-refractivity contribution in [3.8, 4) is 0 Å². The molecule has 0 saturated heterocycles. The van der Waals surface area contributed by atoms with Crippen molar-refractivity contribution in [3.63, 3.8) is 0 Å². The smallest absolute Gasteiger partial charge is 0.303 e. The Morgan fingerprint density at radius 1 is 1.43 bits per heavy atom. The molecule has 0 radical (unpaired) electrons. The number of rotatable bonds is 6. The number of esters is 1. The Kier molecular flexibility index (Phi) is 6.24. The summed E-state index contributed by atoms with van der Waals surface area (Å²) in [6.45, 7) is 7.78. The van der Waals surface area contributed by atoms with Crippen molar-refractivity contribution in [1.29, 1.82) is 0 Å². The molecule has 0 aromatic carbocycles. The number of pyridine rings is 1. The molecule has 0 fully saturated rings. The minimum absolute atomic E-state index is 0.0563. The van der Waals surface area contributed by atoms with Gasteiger partial charge in [-0.15, -0.1) is 0 Å². The third-order valence-corrected chi connectivity index (χ3v) is 4.62. The van der Waals surface area contributed by atoms with Gasteiger partial charge in [-0.2, -0.15) is 0 Å². The second-order valence-electron chi connectivity index (χ2n) is 6.20. The van der Waals surface area contributed by atoms with E-state index in [2.05, 4.69) is 9.71 Å². The summed E-state index contributed by atoms with van der Waals surface area (Å²) < 4.78 is 46.8. The number of carbonyl (C=O) groups excluding carboxylic acids is 1. The number of sulfonamides is 1. The van der Waals surface area contributed by atoms with Crippen molar-refractivity contribution in [2.75, 3.05) is 0 Å². The van der Waals surface area contributed by atoms with Crippen molar-refractivity contribution < 1.29 is 22.3 Å². The third-order valence-electron chi connectivity index (χ3n) is 2.81. The molecule has 1 aromatic heterocycles. The second-order valence-corrected chi connectivity index (χ2v) is 7.85. The highest BCUT2D eigenvalue weighted by molar-refractivity contribution is 7.89. The molecule has 0 bridgehead atoms. The van der Waals surface area contributed by atoms with Crippen LogP contribution in [0, 0.1) is 0 Å². The zero-order chi connectivity index (χ0) is 17.8. The number of halogens is 1. The fourth-order valence-corrected chi connectivity index (χ4v) is 3.61. The van der Waals surface area contributed by atoms with E-state index < -0.39 is 33.8 Å². The molecule has 1 rings (SSSR count). The summed E-state index contributed by atoms with van der Waals surface area (Å²) in [4.78, 5) is 15.0. The molecule has 0 saturated carbocycles. The summed E-state index contributed by atoms with van der Waals surface area (Å²) in [6.07, 6.45) is -1.53. The van der Waals surface area contributed by atoms with Crippen LogP contribution in [0.25, 0.3) is 0 Å². The van der Waals surface area contributed by atoms with Gasteiger partial charge in [0.2, 0.25) is 10.0 Å². The van der Waals surface area contributed by atoms with Gasteiger partial charge in [-0.1, -0.05) is 6.92 Å². The normalized spacial score (nSPS) is 15.0. The Balaban J connectivity index is 3.40. The van der Waals surface area contributed by atoms with Gasteiger partial charge >= 0.3 is 5.97 Å². The Hall–Kier alpha value is -1.54. The number of alkyl halides is 1. The minimum Gasteiger partial charge on any atom is -0.453 e. The molecule has 8 heteroatoms. The lowest BCUT2D eigenvalue weighted by Crippen LogP contribution is -2.41. The standard InChI is InChI=1S/C15H23FN2O4S/c1-6-11(16)14(22-10(2)19)13-12(8-7-9-17-13)23(20,21)18-15(3,4)5/h7-9,11,14,18H,6H2,1-5H3. The summed E-state index contributed by atoms with van der Waals surface area (Å²) in [5.74, 6) is -0.705. The lowest BCUT2D eigenvalue weighted by molar-refractivity contribution is -0.150. The van der Waals surface area contributed by atoms with Gasteiger partial charge in [-0.25, -0.2) is 17.5 Å². The summed E-state index contributed by atoms with van der Waals surface area (Å²) in [7, 11) is -3.94. The SMILES string of the molecule is CCC(F)C(OC(C)=O)c1ncccc1S(=O)(=O)NC(C)(C)C. The van der Waals surface area contributed by atoms with E-state index in [0.29, 0.717) is 0 Å². The lowest BCUT2D eigenvalue weighted by atomic mass is 10.1. The second kappa shape index (κ2) is 7.35. The third kappa shape index (κ3) is 5.54. The van der Waals surface area contributed by atoms with Gasteiger partial charge in [0.05, 0.1) is 0 Å². The van der Waals surface area contributed by atoms with E-state index in [1.54, 1.807) is 27.7 Å². The highest BCUT2D eigenvalue weighted by Crippen LogP contribution is 2.29. The molecule has 6 nitrogen and oxygen atoms in total. The average Bonchev–Trinajstić information content (AvgIpc) is 2.41. The van der Waals surface area contributed by atoms with Crippen LogP contribution in [0.2, 0.25) is 0 Å². The van der Waals surface area contributed by atoms with Crippen LogP contribution in [0.5, 0.6) is 0 Å². The van der Waals surface area contributed by atoms with Gasteiger partial charge in [0.1, 0.15) is 16.8 Å². The van der Waals surface area contributed by atoms with Gasteiger partial charge in [-0.05, 0) is 39.3 Å². The summed E-state index contributed by atoms with van der Waals surface area (Å²) >= 11 is 0. The van der Waals surface area contributed by atoms with Crippen LogP contribution < -0.4 is 4.72 Å². The molecule has 0 aliphatic rings. The number of aromatic nitrogens is 1. The molecular weight excluding hydrogens is 323 g/mol. The van der Waals surface area contributed by atoms with Crippen LogP contribution in [-0.2, 0) is 19.6 Å². The van der Waals surface area contributed by atoms with Crippen LogP contribution in [0.1, 0.15) is 52.8 Å². The van der Waals surface area contributed by atoms with Crippen molar-refractivity contribution in [1.82, 2.24) is 9.71 Å². The topological polar surface area (TPSA) is 85.4 Å². The number of carbonyl (C=O) groups is 1. The number of nitrogens with zero attached hydrogens (tertiary/aromatic N) is 1. The molecule has 2 unspecified atom stereocenters. The first kappa shape index (κ1) is 19.5. The highest BCUT2D eigenvalue weighted by atomic mass is 32.2. The Morgan fingerprint density at radius 3 is 2.52 bits per heavy atom. The van der Waals surface area contributed by atoms with Gasteiger partial charge < -0.3 is 4.74 Å². The summed E-state index contributed by atoms with van der Waals surface area (Å²) in [6, 6.07) is 2.75. The Morgan fingerprint density at radius 2 is 2.04 bits per heavy atom. The predicted octanol–water partition coefficient (Wildman–Crippen LogP) is 2.51. The van der Waals surface area contributed by atoms with Crippen molar-refractivity contribution >= 4 is 16.0 Å². The van der Waals surface area contributed by atoms with Crippen LogP contribution in [-0.4, -0.2) is 31.1 Å². The average molecular weight is 346 g/mol. The zero-order valence-corrected chi connectivity index (χ0v) is 14.8. The van der Waals surface area contributed by atoms with E-state index in [9.17, 15) is 17.6 Å². The fraction of sp³-hybridized carbons (Fsp3) is 0.600. The fourth-order valence-electron chi connectivity index (χ4n) is 2.00. The maximum absolute atomic E-state index is 14.2. The van der Waals surface area contributed by atoms with Gasteiger partial charge in [0.15, 0.2) is 6.10 Å². The first-order valence-electron chi connectivity index (χ1n) is 7.28. The number of hydrogen-bond acceptors (Lipinski definition) is 5. The van der Waals surface area contributed by atoms with E-state index in [1.165, 1.54) is 18.3 Å². The number of ether oxygens (including phenoxy) is 1. The molecule has 1 heterocycles. The predicted molar refractivity (Wildman–Crippen MR) is 84.0 cm³/mol. The highest BCUT2D eigenvalue weighted by Gasteiger charge is 2.33. The minimum atomic E-state index is -3.94. The van der Waals surface area contributed by atoms with Crippen LogP contribution >= 0.6 is 0 Å². The van der Waals surface area contributed by atoms with Crippen LogP contribution in [0.4, 0.5) is 4.39 Å². The molecule has 0 aliphatic carbocycles. The van der Waals surface area contributed by atoms with E-state index in [-0.39, 0.29) is 17.0 Å². The van der Waals surface area contributed by atoms with E-state index in [1.807, 2.05) is 0 Å². The monoisotopic (exact) mass is 346 g/mol. The Bertz CT molecular complexity index is 656. The molecule has 2 atom stereocenters. The molecule has 130 valence electrons. The summed E-state index contributed by atoms with van der Waals surface area (Å²) in [5.41, 5.74) is -0.836. The summed E-state index contributed by atoms with van der Waals surface area (Å²) in [5, 5.41) is 0. The molecule has 1 aromatic rings. The molecule has 0 amide bonds. The van der Waals surface area contributed by atoms with Gasteiger partial charge in [0.25, 0.3) is 0 Å². The van der Waals surface area contributed by atoms with E-state index in [4.69, 9.17) is 4.74 Å². The number of hydrogen-bond donors (Lipinski definition) is 1. The first-order valence-corrected chi connectivity index (χ1v) is 8.76. The Labute approximate surface area is 136 Å². The maximum Gasteiger partial charge on any atom is 0.303 e. The van der Waals surface area contributed by atoms with Gasteiger partial charge in [-0.3, -0.25) is 9.78 Å². The lowest BCUT2D eigenvalue weighted by Gasteiger charge is -2.24. The van der Waals surface area contributed by atoms with Crippen LogP contribution in [0.15, 0.2) is 23.2 Å². The quantitative estimate of drug-likeness (QED) is 0.800. The molecule has 23 heavy (non-hydrogen) atoms. The number of nitrogens with one attached hydrogen (secondary N) is 1. The molecule has 0 aliphatic heterocycles. The van der Waals surface area contributed by atoms with Crippen molar-refractivity contribution in [2.45, 2.75) is 63.7 Å². The first-order chi connectivity index (χ1) is 10.5. The van der Waals surface area contributed by atoms with Crippen molar-refractivity contribution in [3.05, 3.63) is 24.0 Å². The molecule has 1 N–H and O–H groups in total. The van der Waals surface area contributed by atoms with E-state index >= 15 is 0 Å². The molecule has 0 spiro atoms. The van der Waals surface area contributed by atoms with E-state index in [0.717, 1.165) is 6.92 Å². The zero-order valence-electron chi connectivity index (χ0n) is 14.0. The van der Waals surface area contributed by atoms with Gasteiger partial charge in [0, 0.05) is 18.7 Å². The van der Waals surface area contributed by atoms with Crippen LogP contribution in [0.3, 0.4) is 0 Å². The maximum atomic E-state index is 14.2. The largest absolute Gasteiger partial charge is 0.453 e. The van der Waals surface area contributed by atoms with Crippen molar-refractivity contribution in [2.24, 2.45) is 0 Å².